The van der Waals surface area contributed by atoms with E-state index >= 15 is 0 Å². The van der Waals surface area contributed by atoms with Gasteiger partial charge in [0.1, 0.15) is 0 Å². The molecule has 6 aromatic rings. The van der Waals surface area contributed by atoms with E-state index in [2.05, 4.69) is 151 Å². The van der Waals surface area contributed by atoms with Crippen molar-refractivity contribution in [2.45, 2.75) is 11.8 Å². The van der Waals surface area contributed by atoms with Crippen molar-refractivity contribution in [1.82, 2.24) is 0 Å². The first-order valence-electron chi connectivity index (χ1n) is 13.2. The first-order chi connectivity index (χ1) is 19.7. The zero-order valence-electron chi connectivity index (χ0n) is 23.2. The molecule has 0 aliphatic rings. The Morgan fingerprint density at radius 2 is 0.690 bits per heavy atom. The van der Waals surface area contributed by atoms with Crippen LogP contribution >= 0.6 is 12.6 Å². The van der Waals surface area contributed by atoms with Crippen molar-refractivity contribution in [3.05, 3.63) is 163 Å². The molecule has 0 heterocycles. The molecule has 0 aromatic heterocycles. The molecule has 0 N–H and O–H groups in total. The van der Waals surface area contributed by atoms with Crippen LogP contribution in [0.4, 0.5) is 34.1 Å². The van der Waals surface area contributed by atoms with Gasteiger partial charge in [-0.2, -0.15) is 36.4 Å². The van der Waals surface area contributed by atoms with Crippen LogP contribution in [-0.4, -0.2) is 0 Å². The van der Waals surface area contributed by atoms with E-state index < -0.39 is 0 Å². The van der Waals surface area contributed by atoms with Gasteiger partial charge in [0.2, 0.25) is 0 Å². The molecule has 0 spiro atoms. The number of benzene rings is 6. The molecule has 0 atom stereocenters. The molecule has 6 aromatic carbocycles. The van der Waals surface area contributed by atoms with Crippen LogP contribution in [0.25, 0.3) is 11.1 Å². The average Bonchev–Trinajstić information content (AvgIpc) is 3.01. The quantitative estimate of drug-likeness (QED) is 0.126. The van der Waals surface area contributed by atoms with Crippen LogP contribution in [0.3, 0.4) is 0 Å². The second kappa shape index (κ2) is 15.2. The Morgan fingerprint density at radius 3 is 1.05 bits per heavy atom. The summed E-state index contributed by atoms with van der Waals surface area (Å²) in [5.41, 5.74) is 10.2. The fourth-order valence-electron chi connectivity index (χ4n) is 4.85. The smallest absolute Gasteiger partial charge is 0.0462 e. The van der Waals surface area contributed by atoms with Crippen molar-refractivity contribution in [3.63, 3.8) is 0 Å². The van der Waals surface area contributed by atoms with Crippen molar-refractivity contribution in [2.75, 3.05) is 9.80 Å². The maximum absolute atomic E-state index is 4.48. The first kappa shape index (κ1) is 32.3. The Kier molecular flexibility index (Phi) is 11.7. The number of anilines is 6. The molecular weight excluding hydrogens is 981 g/mol. The fourth-order valence-corrected chi connectivity index (χ4v) is 5.00. The normalized spacial score (nSPS) is 10.2. The molecule has 6 rings (SSSR count). The van der Waals surface area contributed by atoms with Crippen molar-refractivity contribution in [1.29, 1.82) is 0 Å². The van der Waals surface area contributed by atoms with Gasteiger partial charge in [-0.05, 0) is 78.7 Å². The Labute approximate surface area is 302 Å². The Balaban J connectivity index is 0.00000202. The Bertz CT molecular complexity index is 1590. The minimum atomic E-state index is 0. The molecule has 2 nitrogen and oxygen atoms in total. The molecule has 5 heteroatoms. The van der Waals surface area contributed by atoms with Crippen LogP contribution in [0.15, 0.2) is 150 Å². The maximum atomic E-state index is 4.48. The van der Waals surface area contributed by atoms with Gasteiger partial charge in [-0.1, -0.05) is 53.3 Å². The van der Waals surface area contributed by atoms with Crippen LogP contribution in [0, 0.1) is 81.3 Å². The number of rotatable bonds is 7. The fraction of sp³-hybridized carbons (Fsp3) is 0.0270. The molecule has 0 radical (unpaired) electrons. The van der Waals surface area contributed by atoms with Gasteiger partial charge in [-0.25, -0.2) is 0 Å². The van der Waals surface area contributed by atoms with Crippen molar-refractivity contribution >= 4 is 46.8 Å². The summed E-state index contributed by atoms with van der Waals surface area (Å²) in [4.78, 5) is 5.46. The topological polar surface area (TPSA) is 6.48 Å². The van der Waals surface area contributed by atoms with E-state index in [9.17, 15) is 0 Å². The molecule has 0 fully saturated rings. The third-order valence-electron chi connectivity index (χ3n) is 6.90. The Hall–Kier alpha value is -2.63. The first-order valence-corrected chi connectivity index (χ1v) is 13.7. The van der Waals surface area contributed by atoms with E-state index in [-0.39, 0.29) is 62.2 Å². The zero-order chi connectivity index (χ0) is 27.3. The van der Waals surface area contributed by atoms with Crippen LogP contribution in [0.2, 0.25) is 0 Å². The summed E-state index contributed by atoms with van der Waals surface area (Å²) in [6, 6.07) is 56.7. The molecule has 202 valence electrons. The number of hydrogen-bond acceptors (Lipinski definition) is 3. The van der Waals surface area contributed by atoms with E-state index in [4.69, 9.17) is 0 Å². The summed E-state index contributed by atoms with van der Waals surface area (Å²) in [6.07, 6.45) is 0. The van der Waals surface area contributed by atoms with Crippen molar-refractivity contribution < 1.29 is 62.2 Å². The molecule has 0 aliphatic carbocycles. The van der Waals surface area contributed by atoms with Gasteiger partial charge >= 0.3 is 0 Å². The number of nitrogens with zero attached hydrogens (tertiary/aromatic N) is 2. The third kappa shape index (κ3) is 7.47. The summed E-state index contributed by atoms with van der Waals surface area (Å²) >= 11 is 4.48. The molecule has 0 amide bonds. The van der Waals surface area contributed by atoms with E-state index in [1.165, 1.54) is 16.7 Å². The van der Waals surface area contributed by atoms with E-state index in [0.29, 0.717) is 0 Å². The minimum absolute atomic E-state index is 0. The molecule has 0 unspecified atom stereocenters. The number of hydrogen-bond donors (Lipinski definition) is 1. The Morgan fingerprint density at radius 1 is 0.405 bits per heavy atom. The molecule has 0 saturated carbocycles. The van der Waals surface area contributed by atoms with Crippen molar-refractivity contribution in [2.24, 2.45) is 0 Å². The zero-order valence-corrected chi connectivity index (χ0v) is 32.4. The summed E-state index contributed by atoms with van der Waals surface area (Å²) in [6.45, 7) is 2.11. The molecular formula is C37H28N2SU2-2. The van der Waals surface area contributed by atoms with Gasteiger partial charge in [-0.15, -0.1) is 36.9 Å². The summed E-state index contributed by atoms with van der Waals surface area (Å²) in [7, 11) is 0. The predicted molar refractivity (Wildman–Crippen MR) is 171 cm³/mol. The van der Waals surface area contributed by atoms with Gasteiger partial charge in [0.25, 0.3) is 0 Å². The number of thiol groups is 1. The molecule has 0 aliphatic heterocycles. The molecule has 42 heavy (non-hydrogen) atoms. The van der Waals surface area contributed by atoms with Gasteiger partial charge < -0.3 is 9.80 Å². The minimum Gasteiger partial charge on any atom is -0.358 e. The van der Waals surface area contributed by atoms with Crippen LogP contribution in [-0.2, 0) is 0 Å². The summed E-state index contributed by atoms with van der Waals surface area (Å²) < 4.78 is 0. The van der Waals surface area contributed by atoms with E-state index in [1.807, 2.05) is 36.4 Å². The largest absolute Gasteiger partial charge is 0.358 e. The van der Waals surface area contributed by atoms with Gasteiger partial charge in [0.05, 0.1) is 0 Å². The SMILES string of the molecule is Cc1ccc(N(c2ccc(S)cc2)c2ccc(-c3ccc(N(c4cc[c-]cc4)c4cc[c-]cc4)cc3)cc2)cc1.[U].[U]. The van der Waals surface area contributed by atoms with E-state index in [0.717, 1.165) is 39.0 Å². The average molecular weight is 1010 g/mol. The van der Waals surface area contributed by atoms with Crippen LogP contribution in [0.5, 0.6) is 0 Å². The van der Waals surface area contributed by atoms with Gasteiger partial charge in [0.15, 0.2) is 0 Å². The van der Waals surface area contributed by atoms with Crippen LogP contribution < -0.4 is 9.80 Å². The van der Waals surface area contributed by atoms with Crippen molar-refractivity contribution in [3.8, 4) is 11.1 Å². The summed E-state index contributed by atoms with van der Waals surface area (Å²) in [5, 5.41) is 0. The monoisotopic (exact) mass is 1010 g/mol. The van der Waals surface area contributed by atoms with Crippen LogP contribution in [0.1, 0.15) is 5.56 Å². The third-order valence-corrected chi connectivity index (χ3v) is 7.20. The second-order valence-corrected chi connectivity index (χ2v) is 10.1. The second-order valence-electron chi connectivity index (χ2n) is 9.63. The molecule has 0 saturated heterocycles. The standard InChI is InChI=1S/C37H28N2S.2U/c1-28-12-18-33(19-13-28)39(36-24-26-37(40)27-25-36)35-22-16-30(17-23-35)29-14-20-34(21-15-29)38(31-8-4-2-5-9-31)32-10-6-3-7-11-32;;/h4-27,40H,1H3;;/q-2;;. The molecule has 0 bridgehead atoms. The predicted octanol–water partition coefficient (Wildman–Crippen LogP) is 10.5. The summed E-state index contributed by atoms with van der Waals surface area (Å²) in [5.74, 6) is 0. The van der Waals surface area contributed by atoms with Gasteiger partial charge in [0, 0.05) is 89.9 Å². The van der Waals surface area contributed by atoms with Gasteiger partial charge in [-0.3, -0.25) is 0 Å². The van der Waals surface area contributed by atoms with E-state index in [1.54, 1.807) is 0 Å². The number of aryl methyl sites for hydroxylation is 1. The maximum Gasteiger partial charge on any atom is 0.0462 e.